The number of aromatic nitrogens is 3. The SMILES string of the molecule is COCCN(Cc1cccnc1)C(=O)Cc1c(-c2ccc(OC)cc2)nc2cc(C)ccn12.Cl. The summed E-state index contributed by atoms with van der Waals surface area (Å²) in [7, 11) is 3.28. The van der Waals surface area contributed by atoms with Gasteiger partial charge in [-0.1, -0.05) is 6.07 Å². The maximum absolute atomic E-state index is 13.5. The molecule has 0 spiro atoms. The summed E-state index contributed by atoms with van der Waals surface area (Å²) in [5.41, 5.74) is 5.50. The number of methoxy groups -OCH3 is 2. The van der Waals surface area contributed by atoms with Crippen molar-refractivity contribution >= 4 is 24.0 Å². The van der Waals surface area contributed by atoms with Crippen LogP contribution in [-0.4, -0.2) is 52.5 Å². The van der Waals surface area contributed by atoms with Crippen molar-refractivity contribution in [2.75, 3.05) is 27.4 Å². The predicted octanol–water partition coefficient (Wildman–Crippen LogP) is 4.35. The third-order valence-electron chi connectivity index (χ3n) is 5.58. The van der Waals surface area contributed by atoms with Crippen LogP contribution in [0.25, 0.3) is 16.9 Å². The lowest BCUT2D eigenvalue weighted by molar-refractivity contribution is -0.131. The third-order valence-corrected chi connectivity index (χ3v) is 5.58. The highest BCUT2D eigenvalue weighted by molar-refractivity contribution is 5.85. The monoisotopic (exact) mass is 480 g/mol. The summed E-state index contributed by atoms with van der Waals surface area (Å²) in [6, 6.07) is 15.7. The highest BCUT2D eigenvalue weighted by atomic mass is 35.5. The summed E-state index contributed by atoms with van der Waals surface area (Å²) in [4.78, 5) is 24.4. The number of rotatable bonds is 9. The van der Waals surface area contributed by atoms with Gasteiger partial charge in [-0.2, -0.15) is 0 Å². The van der Waals surface area contributed by atoms with E-state index in [1.807, 2.05) is 71.0 Å². The number of halogens is 1. The fourth-order valence-corrected chi connectivity index (χ4v) is 3.81. The van der Waals surface area contributed by atoms with Gasteiger partial charge in [-0.3, -0.25) is 9.78 Å². The van der Waals surface area contributed by atoms with E-state index in [1.54, 1.807) is 26.6 Å². The molecule has 34 heavy (non-hydrogen) atoms. The molecule has 0 radical (unpaired) electrons. The number of amides is 1. The number of imidazole rings is 1. The maximum Gasteiger partial charge on any atom is 0.228 e. The Morgan fingerprint density at radius 3 is 2.59 bits per heavy atom. The zero-order valence-electron chi connectivity index (χ0n) is 19.6. The molecule has 7 nitrogen and oxygen atoms in total. The van der Waals surface area contributed by atoms with Gasteiger partial charge in [0.2, 0.25) is 5.91 Å². The van der Waals surface area contributed by atoms with E-state index in [0.29, 0.717) is 19.7 Å². The molecule has 178 valence electrons. The number of fused-ring (bicyclic) bond motifs is 1. The second kappa shape index (κ2) is 11.6. The lowest BCUT2D eigenvalue weighted by atomic mass is 10.1. The number of hydrogen-bond acceptors (Lipinski definition) is 5. The molecule has 8 heteroatoms. The van der Waals surface area contributed by atoms with E-state index in [0.717, 1.165) is 39.5 Å². The average Bonchev–Trinajstić information content (AvgIpc) is 3.19. The minimum atomic E-state index is 0. The third kappa shape index (κ3) is 5.73. The van der Waals surface area contributed by atoms with E-state index in [4.69, 9.17) is 14.5 Å². The van der Waals surface area contributed by atoms with Crippen molar-refractivity contribution in [3.63, 3.8) is 0 Å². The first kappa shape index (κ1) is 25.2. The summed E-state index contributed by atoms with van der Waals surface area (Å²) in [6.07, 6.45) is 5.71. The summed E-state index contributed by atoms with van der Waals surface area (Å²) in [5, 5.41) is 0. The van der Waals surface area contributed by atoms with Crippen molar-refractivity contribution in [2.24, 2.45) is 0 Å². The molecule has 0 fully saturated rings. The lowest BCUT2D eigenvalue weighted by Crippen LogP contribution is -2.35. The Morgan fingerprint density at radius 1 is 1.12 bits per heavy atom. The van der Waals surface area contributed by atoms with Crippen LogP contribution in [0.1, 0.15) is 16.8 Å². The van der Waals surface area contributed by atoms with Gasteiger partial charge in [0, 0.05) is 44.4 Å². The van der Waals surface area contributed by atoms with E-state index in [2.05, 4.69) is 4.98 Å². The Kier molecular flexibility index (Phi) is 8.62. The van der Waals surface area contributed by atoms with Gasteiger partial charge in [-0.05, 0) is 60.5 Å². The maximum atomic E-state index is 13.5. The van der Waals surface area contributed by atoms with Gasteiger partial charge in [0.25, 0.3) is 0 Å². The standard InChI is InChI=1S/C26H28N4O3.ClH/c1-19-10-12-30-23(26(28-24(30)15-19)21-6-8-22(33-3)9-7-21)16-25(31)29(13-14-32-2)18-20-5-4-11-27-17-20;/h4-12,15,17H,13-14,16,18H2,1-3H3;1H. The Morgan fingerprint density at radius 2 is 1.91 bits per heavy atom. The van der Waals surface area contributed by atoms with Gasteiger partial charge in [0.15, 0.2) is 0 Å². The molecule has 0 bridgehead atoms. The van der Waals surface area contributed by atoms with Gasteiger partial charge in [0.1, 0.15) is 11.4 Å². The summed E-state index contributed by atoms with van der Waals surface area (Å²) in [6.45, 7) is 3.47. The van der Waals surface area contributed by atoms with Crippen molar-refractivity contribution in [1.82, 2.24) is 19.3 Å². The zero-order valence-corrected chi connectivity index (χ0v) is 20.4. The first-order chi connectivity index (χ1) is 16.1. The van der Waals surface area contributed by atoms with E-state index < -0.39 is 0 Å². The van der Waals surface area contributed by atoms with Crippen LogP contribution in [0.3, 0.4) is 0 Å². The molecule has 0 aliphatic carbocycles. The van der Waals surface area contributed by atoms with Crippen LogP contribution in [0.5, 0.6) is 5.75 Å². The molecular formula is C26H29ClN4O3. The molecule has 0 aliphatic rings. The second-order valence-electron chi connectivity index (χ2n) is 7.91. The number of benzene rings is 1. The number of carbonyl (C=O) groups excluding carboxylic acids is 1. The summed E-state index contributed by atoms with van der Waals surface area (Å²) < 4.78 is 12.6. The molecule has 1 aromatic carbocycles. The highest BCUT2D eigenvalue weighted by Crippen LogP contribution is 2.27. The first-order valence-corrected chi connectivity index (χ1v) is 10.9. The molecule has 0 unspecified atom stereocenters. The van der Waals surface area contributed by atoms with E-state index in [-0.39, 0.29) is 24.7 Å². The Hall–Kier alpha value is -3.42. The normalized spacial score (nSPS) is 10.7. The van der Waals surface area contributed by atoms with E-state index >= 15 is 0 Å². The fraction of sp³-hybridized carbons (Fsp3) is 0.269. The van der Waals surface area contributed by atoms with Crippen LogP contribution in [0.4, 0.5) is 0 Å². The lowest BCUT2D eigenvalue weighted by Gasteiger charge is -2.22. The molecule has 1 amide bonds. The minimum Gasteiger partial charge on any atom is -0.497 e. The quantitative estimate of drug-likeness (QED) is 0.356. The molecule has 4 rings (SSSR count). The van der Waals surface area contributed by atoms with Crippen LogP contribution >= 0.6 is 12.4 Å². The number of nitrogens with zero attached hydrogens (tertiary/aromatic N) is 4. The topological polar surface area (TPSA) is 69.0 Å². The number of carbonyl (C=O) groups is 1. The minimum absolute atomic E-state index is 0. The Balaban J connectivity index is 0.00000324. The molecule has 0 aliphatic heterocycles. The number of ether oxygens (including phenoxy) is 2. The van der Waals surface area contributed by atoms with Gasteiger partial charge in [-0.15, -0.1) is 12.4 Å². The molecule has 3 aromatic heterocycles. The molecule has 0 atom stereocenters. The zero-order chi connectivity index (χ0) is 23.2. The molecule has 0 saturated heterocycles. The number of aryl methyl sites for hydroxylation is 1. The molecule has 4 aromatic rings. The van der Waals surface area contributed by atoms with Crippen molar-refractivity contribution in [2.45, 2.75) is 19.9 Å². The van der Waals surface area contributed by atoms with E-state index in [1.165, 1.54) is 0 Å². The molecule has 0 saturated carbocycles. The molecule has 0 N–H and O–H groups in total. The molecule has 3 heterocycles. The Labute approximate surface area is 205 Å². The smallest absolute Gasteiger partial charge is 0.228 e. The Bertz CT molecular complexity index is 1230. The van der Waals surface area contributed by atoms with Gasteiger partial charge >= 0.3 is 0 Å². The highest BCUT2D eigenvalue weighted by Gasteiger charge is 2.21. The van der Waals surface area contributed by atoms with Gasteiger partial charge in [0.05, 0.1) is 31.5 Å². The van der Waals surface area contributed by atoms with Crippen molar-refractivity contribution in [1.29, 1.82) is 0 Å². The summed E-state index contributed by atoms with van der Waals surface area (Å²) >= 11 is 0. The van der Waals surface area contributed by atoms with Crippen LogP contribution in [-0.2, 0) is 22.5 Å². The van der Waals surface area contributed by atoms with E-state index in [9.17, 15) is 4.79 Å². The largest absolute Gasteiger partial charge is 0.497 e. The summed E-state index contributed by atoms with van der Waals surface area (Å²) in [5.74, 6) is 0.784. The number of hydrogen-bond donors (Lipinski definition) is 0. The first-order valence-electron chi connectivity index (χ1n) is 10.9. The predicted molar refractivity (Wildman–Crippen MR) is 134 cm³/mol. The van der Waals surface area contributed by atoms with Crippen LogP contribution in [0.2, 0.25) is 0 Å². The van der Waals surface area contributed by atoms with Crippen molar-refractivity contribution in [3.8, 4) is 17.0 Å². The molecular weight excluding hydrogens is 452 g/mol. The second-order valence-corrected chi connectivity index (χ2v) is 7.91. The number of pyridine rings is 2. The van der Waals surface area contributed by atoms with Crippen molar-refractivity contribution < 1.29 is 14.3 Å². The van der Waals surface area contributed by atoms with Crippen molar-refractivity contribution in [3.05, 3.63) is 83.9 Å². The van der Waals surface area contributed by atoms with Gasteiger partial charge < -0.3 is 18.8 Å². The fourth-order valence-electron chi connectivity index (χ4n) is 3.81. The average molecular weight is 481 g/mol. The van der Waals surface area contributed by atoms with Crippen LogP contribution in [0, 0.1) is 6.92 Å². The van der Waals surface area contributed by atoms with Crippen LogP contribution < -0.4 is 4.74 Å². The van der Waals surface area contributed by atoms with Gasteiger partial charge in [-0.25, -0.2) is 4.98 Å². The van der Waals surface area contributed by atoms with Crippen LogP contribution in [0.15, 0.2) is 67.1 Å².